The minimum absolute atomic E-state index is 0.00234. The number of carbonyl (C=O) groups is 2. The maximum atomic E-state index is 14.2. The van der Waals surface area contributed by atoms with Gasteiger partial charge in [-0.3, -0.25) is 9.59 Å². The Bertz CT molecular complexity index is 914. The summed E-state index contributed by atoms with van der Waals surface area (Å²) in [6.07, 6.45) is 0. The lowest BCUT2D eigenvalue weighted by Gasteiger charge is -2.31. The van der Waals surface area contributed by atoms with Crippen molar-refractivity contribution in [3.05, 3.63) is 69.5 Å². The molecule has 2 aromatic rings. The molecule has 0 unspecified atom stereocenters. The SMILES string of the molecule is C[C@@H](C(=O)NC(C)(C)C)N(Cc1ccccc1F)C(=O)CSCc1c(Cl)cccc1Cl. The second-order valence-electron chi connectivity index (χ2n) is 8.22. The van der Waals surface area contributed by atoms with Crippen molar-refractivity contribution in [2.75, 3.05) is 5.75 Å². The summed E-state index contributed by atoms with van der Waals surface area (Å²) in [6, 6.07) is 10.7. The van der Waals surface area contributed by atoms with Crippen molar-refractivity contribution in [2.45, 2.75) is 51.6 Å². The van der Waals surface area contributed by atoms with Gasteiger partial charge in [-0.25, -0.2) is 4.39 Å². The zero-order chi connectivity index (χ0) is 23.2. The molecule has 0 aliphatic carbocycles. The summed E-state index contributed by atoms with van der Waals surface area (Å²) >= 11 is 13.7. The monoisotopic (exact) mass is 484 g/mol. The lowest BCUT2D eigenvalue weighted by molar-refractivity contribution is -0.139. The first kappa shape index (κ1) is 25.5. The van der Waals surface area contributed by atoms with Gasteiger partial charge < -0.3 is 10.2 Å². The molecule has 0 bridgehead atoms. The van der Waals surface area contributed by atoms with E-state index < -0.39 is 17.4 Å². The molecule has 8 heteroatoms. The van der Waals surface area contributed by atoms with Crippen molar-refractivity contribution in [3.63, 3.8) is 0 Å². The standard InChI is InChI=1S/C23H27Cl2FN2O2S/c1-15(22(30)27-23(2,3)4)28(12-16-8-5-6-11-20(16)26)21(29)14-31-13-17-18(24)9-7-10-19(17)25/h5-11,15H,12-14H2,1-4H3,(H,27,30)/t15-/m0/s1. The van der Waals surface area contributed by atoms with Gasteiger partial charge in [-0.05, 0) is 51.5 Å². The Morgan fingerprint density at radius 2 is 1.71 bits per heavy atom. The Labute approximate surface area is 197 Å². The lowest BCUT2D eigenvalue weighted by Crippen LogP contribution is -2.52. The predicted molar refractivity (Wildman–Crippen MR) is 127 cm³/mol. The van der Waals surface area contributed by atoms with Crippen molar-refractivity contribution >= 4 is 46.8 Å². The van der Waals surface area contributed by atoms with E-state index in [4.69, 9.17) is 23.2 Å². The molecule has 4 nitrogen and oxygen atoms in total. The number of nitrogens with one attached hydrogen (secondary N) is 1. The number of carbonyl (C=O) groups excluding carboxylic acids is 2. The van der Waals surface area contributed by atoms with E-state index >= 15 is 0 Å². The molecule has 0 saturated carbocycles. The second kappa shape index (κ2) is 11.2. The third-order valence-corrected chi connectivity index (χ3v) is 6.15. The number of amides is 2. The first-order valence-electron chi connectivity index (χ1n) is 9.85. The highest BCUT2D eigenvalue weighted by Crippen LogP contribution is 2.28. The third-order valence-electron chi connectivity index (χ3n) is 4.50. The molecule has 0 aromatic heterocycles. The molecule has 1 N–H and O–H groups in total. The fraction of sp³-hybridized carbons (Fsp3) is 0.391. The van der Waals surface area contributed by atoms with Crippen LogP contribution in [0.4, 0.5) is 4.39 Å². The highest BCUT2D eigenvalue weighted by atomic mass is 35.5. The molecule has 0 aliphatic rings. The van der Waals surface area contributed by atoms with Crippen LogP contribution in [-0.2, 0) is 21.9 Å². The van der Waals surface area contributed by atoms with Crippen LogP contribution in [0.2, 0.25) is 10.0 Å². The predicted octanol–water partition coefficient (Wildman–Crippen LogP) is 5.70. The summed E-state index contributed by atoms with van der Waals surface area (Å²) in [5.41, 5.74) is 0.654. The summed E-state index contributed by atoms with van der Waals surface area (Å²) < 4.78 is 14.2. The largest absolute Gasteiger partial charge is 0.350 e. The highest BCUT2D eigenvalue weighted by Gasteiger charge is 2.29. The summed E-state index contributed by atoms with van der Waals surface area (Å²) in [5.74, 6) is -0.438. The van der Waals surface area contributed by atoms with Gasteiger partial charge in [0.25, 0.3) is 0 Å². The highest BCUT2D eigenvalue weighted by molar-refractivity contribution is 7.99. The van der Waals surface area contributed by atoms with Crippen LogP contribution >= 0.6 is 35.0 Å². The number of hydrogen-bond acceptors (Lipinski definition) is 3. The normalized spacial score (nSPS) is 12.4. The Morgan fingerprint density at radius 1 is 1.10 bits per heavy atom. The molecule has 31 heavy (non-hydrogen) atoms. The number of hydrogen-bond donors (Lipinski definition) is 1. The summed E-state index contributed by atoms with van der Waals surface area (Å²) in [6.45, 7) is 7.24. The Kier molecular flexibility index (Phi) is 9.22. The maximum Gasteiger partial charge on any atom is 0.242 e. The van der Waals surface area contributed by atoms with Crippen LogP contribution < -0.4 is 5.32 Å². The van der Waals surface area contributed by atoms with Crippen LogP contribution in [0, 0.1) is 5.82 Å². The molecule has 0 saturated heterocycles. The van der Waals surface area contributed by atoms with Crippen LogP contribution in [0.5, 0.6) is 0 Å². The molecule has 0 heterocycles. The van der Waals surface area contributed by atoms with Crippen molar-refractivity contribution in [2.24, 2.45) is 0 Å². The molecule has 1 atom stereocenters. The molecule has 2 amide bonds. The molecule has 2 aromatic carbocycles. The van der Waals surface area contributed by atoms with Gasteiger partial charge in [0.15, 0.2) is 0 Å². The number of rotatable bonds is 8. The minimum atomic E-state index is -0.768. The number of benzene rings is 2. The van der Waals surface area contributed by atoms with E-state index in [0.717, 1.165) is 5.56 Å². The van der Waals surface area contributed by atoms with Crippen LogP contribution in [0.1, 0.15) is 38.8 Å². The van der Waals surface area contributed by atoms with Gasteiger partial charge >= 0.3 is 0 Å². The average Bonchev–Trinajstić information content (AvgIpc) is 2.67. The average molecular weight is 485 g/mol. The van der Waals surface area contributed by atoms with E-state index in [2.05, 4.69) is 5.32 Å². The van der Waals surface area contributed by atoms with Crippen molar-refractivity contribution in [1.29, 1.82) is 0 Å². The topological polar surface area (TPSA) is 49.4 Å². The van der Waals surface area contributed by atoms with Crippen LogP contribution in [0.3, 0.4) is 0 Å². The minimum Gasteiger partial charge on any atom is -0.350 e. The quantitative estimate of drug-likeness (QED) is 0.522. The smallest absolute Gasteiger partial charge is 0.242 e. The molecular weight excluding hydrogens is 458 g/mol. The zero-order valence-electron chi connectivity index (χ0n) is 18.0. The maximum absolute atomic E-state index is 14.2. The van der Waals surface area contributed by atoms with Crippen LogP contribution in [0.15, 0.2) is 42.5 Å². The van der Waals surface area contributed by atoms with Crippen LogP contribution in [-0.4, -0.2) is 34.0 Å². The Balaban J connectivity index is 2.15. The summed E-state index contributed by atoms with van der Waals surface area (Å²) in [5, 5.41) is 3.95. The van der Waals surface area contributed by atoms with E-state index in [1.807, 2.05) is 20.8 Å². The molecule has 2 rings (SSSR count). The molecule has 168 valence electrons. The van der Waals surface area contributed by atoms with E-state index in [0.29, 0.717) is 21.4 Å². The van der Waals surface area contributed by atoms with Crippen molar-refractivity contribution < 1.29 is 14.0 Å². The number of halogens is 3. The number of thioether (sulfide) groups is 1. The molecular formula is C23H27Cl2FN2O2S. The zero-order valence-corrected chi connectivity index (χ0v) is 20.4. The van der Waals surface area contributed by atoms with Crippen molar-refractivity contribution in [3.8, 4) is 0 Å². The first-order valence-corrected chi connectivity index (χ1v) is 11.8. The summed E-state index contributed by atoms with van der Waals surface area (Å²) in [4.78, 5) is 27.2. The third kappa shape index (κ3) is 7.70. The van der Waals surface area contributed by atoms with Gasteiger partial charge in [0, 0.05) is 33.4 Å². The number of nitrogens with zero attached hydrogens (tertiary/aromatic N) is 1. The van der Waals surface area contributed by atoms with Crippen molar-refractivity contribution in [1.82, 2.24) is 10.2 Å². The van der Waals surface area contributed by atoms with Crippen LogP contribution in [0.25, 0.3) is 0 Å². The fourth-order valence-electron chi connectivity index (χ4n) is 2.86. The van der Waals surface area contributed by atoms with E-state index in [-0.39, 0.29) is 24.1 Å². The van der Waals surface area contributed by atoms with Gasteiger partial charge in [-0.15, -0.1) is 11.8 Å². The Hall–Kier alpha value is -1.76. The lowest BCUT2D eigenvalue weighted by atomic mass is 10.1. The van der Waals surface area contributed by atoms with E-state index in [9.17, 15) is 14.0 Å². The molecule has 0 spiro atoms. The molecule has 0 aliphatic heterocycles. The van der Waals surface area contributed by atoms with Gasteiger partial charge in [-0.1, -0.05) is 47.5 Å². The first-order chi connectivity index (χ1) is 14.5. The Morgan fingerprint density at radius 3 is 2.29 bits per heavy atom. The molecule has 0 radical (unpaired) electrons. The fourth-order valence-corrected chi connectivity index (χ4v) is 4.51. The van der Waals surface area contributed by atoms with Gasteiger partial charge in [0.1, 0.15) is 11.9 Å². The van der Waals surface area contributed by atoms with Gasteiger partial charge in [-0.2, -0.15) is 0 Å². The van der Waals surface area contributed by atoms with Gasteiger partial charge in [0.05, 0.1) is 5.75 Å². The second-order valence-corrected chi connectivity index (χ2v) is 10.0. The van der Waals surface area contributed by atoms with E-state index in [1.54, 1.807) is 43.3 Å². The van der Waals surface area contributed by atoms with Gasteiger partial charge in [0.2, 0.25) is 11.8 Å². The summed E-state index contributed by atoms with van der Waals surface area (Å²) in [7, 11) is 0. The van der Waals surface area contributed by atoms with E-state index in [1.165, 1.54) is 22.7 Å². The molecule has 0 fully saturated rings.